The molecule has 1 N–H and O–H groups in total. The highest BCUT2D eigenvalue weighted by Gasteiger charge is 2.42. The van der Waals surface area contributed by atoms with Crippen molar-refractivity contribution >= 4 is 31.5 Å². The molecule has 4 aromatic carbocycles. The lowest BCUT2D eigenvalue weighted by atomic mass is 9.84. The molecule has 1 aromatic heterocycles. The van der Waals surface area contributed by atoms with Crippen molar-refractivity contribution in [1.82, 2.24) is 0 Å². The van der Waals surface area contributed by atoms with Gasteiger partial charge in [0.15, 0.2) is 0 Å². The zero-order chi connectivity index (χ0) is 18.0. The summed E-state index contributed by atoms with van der Waals surface area (Å²) in [5.74, 6) is 0. The van der Waals surface area contributed by atoms with Crippen molar-refractivity contribution in [3.63, 3.8) is 0 Å². The van der Waals surface area contributed by atoms with E-state index in [1.54, 1.807) is 11.3 Å². The highest BCUT2D eigenvalue weighted by Crippen LogP contribution is 2.51. The van der Waals surface area contributed by atoms with Crippen LogP contribution in [0.1, 0.15) is 16.7 Å². The van der Waals surface area contributed by atoms with Crippen LogP contribution in [-0.2, 0) is 5.60 Å². The molecule has 0 radical (unpaired) electrons. The molecule has 0 bridgehead atoms. The van der Waals surface area contributed by atoms with E-state index in [-0.39, 0.29) is 0 Å². The zero-order valence-electron chi connectivity index (χ0n) is 14.5. The van der Waals surface area contributed by atoms with E-state index in [2.05, 4.69) is 54.6 Å². The van der Waals surface area contributed by atoms with E-state index in [9.17, 15) is 5.11 Å². The molecule has 0 saturated carbocycles. The lowest BCUT2D eigenvalue weighted by Gasteiger charge is -2.26. The SMILES string of the molecule is OC1(c2ccc3sc4ccccc4c3c2)c2ccccc2-c2ccccc21. The Morgan fingerprint density at radius 2 is 1.19 bits per heavy atom. The Bertz CT molecular complexity index is 1300. The minimum absolute atomic E-state index is 0.927. The van der Waals surface area contributed by atoms with Crippen LogP contribution in [0.5, 0.6) is 0 Å². The summed E-state index contributed by atoms with van der Waals surface area (Å²) in [5, 5.41) is 14.5. The van der Waals surface area contributed by atoms with E-state index in [1.165, 1.54) is 20.2 Å². The Kier molecular flexibility index (Phi) is 2.97. The number of rotatable bonds is 1. The summed E-state index contributed by atoms with van der Waals surface area (Å²) in [7, 11) is 0. The molecule has 1 heterocycles. The van der Waals surface area contributed by atoms with Crippen LogP contribution in [0.15, 0.2) is 91.0 Å². The molecule has 0 amide bonds. The highest BCUT2D eigenvalue weighted by molar-refractivity contribution is 7.25. The van der Waals surface area contributed by atoms with Gasteiger partial charge in [-0.2, -0.15) is 0 Å². The number of thiophene rings is 1. The van der Waals surface area contributed by atoms with Crippen LogP contribution in [0.2, 0.25) is 0 Å². The molecule has 0 atom stereocenters. The van der Waals surface area contributed by atoms with Crippen molar-refractivity contribution in [2.75, 3.05) is 0 Å². The number of hydrogen-bond acceptors (Lipinski definition) is 2. The topological polar surface area (TPSA) is 20.2 Å². The molecule has 1 aliphatic carbocycles. The van der Waals surface area contributed by atoms with Crippen LogP contribution in [0.4, 0.5) is 0 Å². The lowest BCUT2D eigenvalue weighted by Crippen LogP contribution is -2.26. The Morgan fingerprint density at radius 3 is 1.93 bits per heavy atom. The largest absolute Gasteiger partial charge is 0.376 e. The minimum Gasteiger partial charge on any atom is -0.376 e. The van der Waals surface area contributed by atoms with E-state index in [0.717, 1.165) is 27.8 Å². The van der Waals surface area contributed by atoms with Gasteiger partial charge < -0.3 is 5.11 Å². The van der Waals surface area contributed by atoms with Crippen LogP contribution in [0, 0.1) is 0 Å². The number of benzene rings is 4. The van der Waals surface area contributed by atoms with Gasteiger partial charge in [0.1, 0.15) is 5.60 Å². The summed E-state index contributed by atoms with van der Waals surface area (Å²) in [5.41, 5.74) is 3.97. The first-order valence-corrected chi connectivity index (χ1v) is 9.92. The summed E-state index contributed by atoms with van der Waals surface area (Å²) in [6, 6.07) is 31.3. The predicted molar refractivity (Wildman–Crippen MR) is 113 cm³/mol. The monoisotopic (exact) mass is 364 g/mol. The van der Waals surface area contributed by atoms with Crippen LogP contribution in [-0.4, -0.2) is 5.11 Å². The molecule has 6 rings (SSSR count). The Balaban J connectivity index is 1.69. The number of aliphatic hydroxyl groups is 1. The molecular weight excluding hydrogens is 348 g/mol. The smallest absolute Gasteiger partial charge is 0.141 e. The van der Waals surface area contributed by atoms with Gasteiger partial charge in [-0.1, -0.05) is 72.8 Å². The summed E-state index contributed by atoms with van der Waals surface area (Å²) in [4.78, 5) is 0. The van der Waals surface area contributed by atoms with Crippen molar-refractivity contribution in [3.05, 3.63) is 108 Å². The normalized spacial score (nSPS) is 14.4. The van der Waals surface area contributed by atoms with Gasteiger partial charge in [0.25, 0.3) is 0 Å². The second-order valence-electron chi connectivity index (χ2n) is 7.11. The van der Waals surface area contributed by atoms with Crippen LogP contribution < -0.4 is 0 Å². The van der Waals surface area contributed by atoms with Gasteiger partial charge in [0.05, 0.1) is 0 Å². The van der Waals surface area contributed by atoms with Gasteiger partial charge in [-0.25, -0.2) is 0 Å². The highest BCUT2D eigenvalue weighted by atomic mass is 32.1. The average molecular weight is 364 g/mol. The third-order valence-electron chi connectivity index (χ3n) is 5.72. The molecule has 128 valence electrons. The van der Waals surface area contributed by atoms with Crippen molar-refractivity contribution in [1.29, 1.82) is 0 Å². The van der Waals surface area contributed by atoms with E-state index in [0.29, 0.717) is 0 Å². The first kappa shape index (κ1) is 15.2. The molecule has 0 fully saturated rings. The molecule has 0 aliphatic heterocycles. The summed E-state index contributed by atoms with van der Waals surface area (Å²) < 4.78 is 2.53. The van der Waals surface area contributed by atoms with Crippen molar-refractivity contribution in [2.45, 2.75) is 5.60 Å². The lowest BCUT2D eigenvalue weighted by molar-refractivity contribution is 0.131. The van der Waals surface area contributed by atoms with Gasteiger partial charge in [-0.15, -0.1) is 11.3 Å². The van der Waals surface area contributed by atoms with Crippen molar-refractivity contribution < 1.29 is 5.11 Å². The molecule has 27 heavy (non-hydrogen) atoms. The maximum atomic E-state index is 12.0. The molecule has 0 spiro atoms. The predicted octanol–water partition coefficient (Wildman–Crippen LogP) is 6.32. The Hall–Kier alpha value is -2.94. The first-order valence-electron chi connectivity index (χ1n) is 9.10. The fourth-order valence-corrected chi connectivity index (χ4v) is 5.56. The van der Waals surface area contributed by atoms with E-state index < -0.39 is 5.60 Å². The van der Waals surface area contributed by atoms with E-state index >= 15 is 0 Å². The van der Waals surface area contributed by atoms with Gasteiger partial charge in [0.2, 0.25) is 0 Å². The third kappa shape index (κ3) is 1.92. The van der Waals surface area contributed by atoms with Crippen molar-refractivity contribution in [2.24, 2.45) is 0 Å². The first-order chi connectivity index (χ1) is 13.3. The van der Waals surface area contributed by atoms with E-state index in [1.807, 2.05) is 36.4 Å². The maximum absolute atomic E-state index is 12.0. The van der Waals surface area contributed by atoms with Crippen LogP contribution in [0.25, 0.3) is 31.3 Å². The molecule has 5 aromatic rings. The summed E-state index contributed by atoms with van der Waals surface area (Å²) >= 11 is 1.80. The zero-order valence-corrected chi connectivity index (χ0v) is 15.3. The molecule has 0 unspecified atom stereocenters. The Labute approximate surface area is 161 Å². The summed E-state index contributed by atoms with van der Waals surface area (Å²) in [6.45, 7) is 0. The van der Waals surface area contributed by atoms with Gasteiger partial charge >= 0.3 is 0 Å². The minimum atomic E-state index is -1.12. The van der Waals surface area contributed by atoms with E-state index in [4.69, 9.17) is 0 Å². The van der Waals surface area contributed by atoms with Crippen LogP contribution in [0.3, 0.4) is 0 Å². The van der Waals surface area contributed by atoms with Gasteiger partial charge in [0, 0.05) is 31.3 Å². The molecular formula is C25H16OS. The number of fused-ring (bicyclic) bond motifs is 6. The Morgan fingerprint density at radius 1 is 0.593 bits per heavy atom. The van der Waals surface area contributed by atoms with Gasteiger partial charge in [-0.3, -0.25) is 0 Å². The second-order valence-corrected chi connectivity index (χ2v) is 8.19. The second kappa shape index (κ2) is 5.29. The number of hydrogen-bond donors (Lipinski definition) is 1. The molecule has 2 heteroatoms. The molecule has 0 saturated heterocycles. The average Bonchev–Trinajstić information content (AvgIpc) is 3.23. The quantitative estimate of drug-likeness (QED) is 0.369. The standard InChI is InChI=1S/C25H16OS/c26-25(21-10-4-1-7-17(21)18-8-2-5-11-22(18)25)16-13-14-24-20(15-16)19-9-3-6-12-23(19)27-24/h1-15,26H. The van der Waals surface area contributed by atoms with Gasteiger partial charge in [-0.05, 0) is 34.9 Å². The van der Waals surface area contributed by atoms with Crippen molar-refractivity contribution in [3.8, 4) is 11.1 Å². The molecule has 1 nitrogen and oxygen atoms in total. The fourth-order valence-electron chi connectivity index (χ4n) is 4.47. The van der Waals surface area contributed by atoms with Crippen LogP contribution >= 0.6 is 11.3 Å². The third-order valence-corrected chi connectivity index (χ3v) is 6.87. The summed E-state index contributed by atoms with van der Waals surface area (Å²) in [6.07, 6.45) is 0. The maximum Gasteiger partial charge on any atom is 0.141 e. The molecule has 1 aliphatic rings. The fraction of sp³-hybridized carbons (Fsp3) is 0.0400.